The van der Waals surface area contributed by atoms with Crippen LogP contribution in [-0.2, 0) is 6.54 Å². The number of benzene rings is 1. The summed E-state index contributed by atoms with van der Waals surface area (Å²) in [4.78, 5) is 1.96. The zero-order chi connectivity index (χ0) is 15.2. The van der Waals surface area contributed by atoms with Crippen LogP contribution in [0.1, 0.15) is 31.4 Å². The molecule has 0 saturated heterocycles. The first kappa shape index (κ1) is 16.6. The summed E-state index contributed by atoms with van der Waals surface area (Å²) in [5, 5.41) is 18.5. The minimum absolute atomic E-state index is 0.00372. The maximum absolute atomic E-state index is 13.3. The lowest BCUT2D eigenvalue weighted by molar-refractivity contribution is 0.0424. The molecule has 0 spiro atoms. The summed E-state index contributed by atoms with van der Waals surface area (Å²) < 4.78 is 13.3. The molecule has 0 atom stereocenters. The Morgan fingerprint density at radius 3 is 2.65 bits per heavy atom. The van der Waals surface area contributed by atoms with Gasteiger partial charge in [0.25, 0.3) is 0 Å². The maximum atomic E-state index is 13.3. The summed E-state index contributed by atoms with van der Waals surface area (Å²) in [5.74, 6) is 5.36. The maximum Gasteiger partial charge on any atom is 0.124 e. The number of nitrogens with zero attached hydrogens (tertiary/aromatic N) is 1. The zero-order valence-electron chi connectivity index (χ0n) is 12.3. The van der Waals surface area contributed by atoms with E-state index in [0.717, 1.165) is 5.56 Å². The molecule has 0 bridgehead atoms. The summed E-state index contributed by atoms with van der Waals surface area (Å²) in [6, 6.07) is 4.52. The van der Waals surface area contributed by atoms with Gasteiger partial charge in [-0.15, -0.1) is 0 Å². The quantitative estimate of drug-likeness (QED) is 0.807. The SMILES string of the molecule is CN(Cc1ccc(F)cc1C#CCCO)CC(C)(C)O. The Morgan fingerprint density at radius 2 is 2.05 bits per heavy atom. The number of hydrogen-bond donors (Lipinski definition) is 2. The van der Waals surface area contributed by atoms with Gasteiger partial charge in [-0.2, -0.15) is 0 Å². The highest BCUT2D eigenvalue weighted by Gasteiger charge is 2.16. The van der Waals surface area contributed by atoms with Gasteiger partial charge in [-0.1, -0.05) is 17.9 Å². The van der Waals surface area contributed by atoms with Crippen molar-refractivity contribution >= 4 is 0 Å². The van der Waals surface area contributed by atoms with Crippen LogP contribution in [0.4, 0.5) is 4.39 Å². The number of halogens is 1. The molecule has 0 amide bonds. The molecule has 3 nitrogen and oxygen atoms in total. The summed E-state index contributed by atoms with van der Waals surface area (Å²) in [6.45, 7) is 4.57. The fraction of sp³-hybridized carbons (Fsp3) is 0.500. The molecular weight excluding hydrogens is 257 g/mol. The number of likely N-dealkylation sites (N-methyl/N-ethyl adjacent to an activating group) is 1. The van der Waals surface area contributed by atoms with Crippen LogP contribution in [0, 0.1) is 17.7 Å². The third-order valence-electron chi connectivity index (χ3n) is 2.63. The van der Waals surface area contributed by atoms with Gasteiger partial charge < -0.3 is 10.2 Å². The van der Waals surface area contributed by atoms with Crippen molar-refractivity contribution in [1.82, 2.24) is 4.90 Å². The van der Waals surface area contributed by atoms with Crippen LogP contribution in [0.25, 0.3) is 0 Å². The van der Waals surface area contributed by atoms with Crippen molar-refractivity contribution in [3.05, 3.63) is 35.1 Å². The van der Waals surface area contributed by atoms with E-state index in [0.29, 0.717) is 25.1 Å². The first-order valence-corrected chi connectivity index (χ1v) is 6.61. The Labute approximate surface area is 120 Å². The van der Waals surface area contributed by atoms with Gasteiger partial charge >= 0.3 is 0 Å². The van der Waals surface area contributed by atoms with Crippen molar-refractivity contribution in [2.45, 2.75) is 32.4 Å². The highest BCUT2D eigenvalue weighted by molar-refractivity contribution is 5.41. The van der Waals surface area contributed by atoms with Gasteiger partial charge in [0.2, 0.25) is 0 Å². The van der Waals surface area contributed by atoms with Gasteiger partial charge in [0.1, 0.15) is 5.82 Å². The van der Waals surface area contributed by atoms with Gasteiger partial charge in [-0.3, -0.25) is 4.90 Å². The highest BCUT2D eigenvalue weighted by atomic mass is 19.1. The molecule has 0 aliphatic rings. The van der Waals surface area contributed by atoms with Crippen molar-refractivity contribution in [1.29, 1.82) is 0 Å². The summed E-state index contributed by atoms with van der Waals surface area (Å²) >= 11 is 0. The monoisotopic (exact) mass is 279 g/mol. The minimum atomic E-state index is -0.780. The summed E-state index contributed by atoms with van der Waals surface area (Å²) in [6.07, 6.45) is 0.370. The number of rotatable bonds is 5. The lowest BCUT2D eigenvalue weighted by Gasteiger charge is -2.25. The van der Waals surface area contributed by atoms with E-state index in [2.05, 4.69) is 11.8 Å². The van der Waals surface area contributed by atoms with E-state index in [9.17, 15) is 9.50 Å². The van der Waals surface area contributed by atoms with Gasteiger partial charge in [-0.05, 0) is 38.6 Å². The minimum Gasteiger partial charge on any atom is -0.395 e. The third kappa shape index (κ3) is 6.16. The number of aliphatic hydroxyl groups excluding tert-OH is 1. The normalized spacial score (nSPS) is 11.3. The Hall–Kier alpha value is -1.41. The van der Waals surface area contributed by atoms with Crippen molar-refractivity contribution in [3.63, 3.8) is 0 Å². The molecule has 20 heavy (non-hydrogen) atoms. The van der Waals surface area contributed by atoms with E-state index in [1.807, 2.05) is 11.9 Å². The molecule has 1 aromatic rings. The molecule has 0 fully saturated rings. The Morgan fingerprint density at radius 1 is 1.35 bits per heavy atom. The Bertz CT molecular complexity index is 497. The molecular formula is C16H22FNO2. The van der Waals surface area contributed by atoms with Crippen LogP contribution in [0.3, 0.4) is 0 Å². The van der Waals surface area contributed by atoms with Gasteiger partial charge in [-0.25, -0.2) is 4.39 Å². The van der Waals surface area contributed by atoms with E-state index in [4.69, 9.17) is 5.11 Å². The molecule has 1 rings (SSSR count). The standard InChI is InChI=1S/C16H22FNO2/c1-16(2,20)12-18(3)11-14-7-8-15(17)10-13(14)6-4-5-9-19/h7-8,10,19-20H,5,9,11-12H2,1-3H3. The molecule has 1 aromatic carbocycles. The van der Waals surface area contributed by atoms with E-state index in [-0.39, 0.29) is 12.4 Å². The molecule has 2 N–H and O–H groups in total. The fourth-order valence-electron chi connectivity index (χ4n) is 2.02. The van der Waals surface area contributed by atoms with E-state index >= 15 is 0 Å². The van der Waals surface area contributed by atoms with Crippen molar-refractivity contribution in [2.75, 3.05) is 20.2 Å². The highest BCUT2D eigenvalue weighted by Crippen LogP contribution is 2.14. The van der Waals surface area contributed by atoms with Gasteiger partial charge in [0.15, 0.2) is 0 Å². The van der Waals surface area contributed by atoms with Crippen LogP contribution < -0.4 is 0 Å². The van der Waals surface area contributed by atoms with Crippen molar-refractivity contribution in [2.24, 2.45) is 0 Å². The first-order valence-electron chi connectivity index (χ1n) is 6.61. The fourth-order valence-corrected chi connectivity index (χ4v) is 2.02. The number of aliphatic hydroxyl groups is 2. The zero-order valence-corrected chi connectivity index (χ0v) is 12.3. The third-order valence-corrected chi connectivity index (χ3v) is 2.63. The molecule has 0 radical (unpaired) electrons. The Balaban J connectivity index is 2.87. The Kier molecular flexibility index (Phi) is 6.15. The molecule has 0 saturated carbocycles. The lowest BCUT2D eigenvalue weighted by atomic mass is 10.1. The predicted octanol–water partition coefficient (Wildman–Crippen LogP) is 1.76. The molecule has 0 aliphatic heterocycles. The molecule has 0 unspecified atom stereocenters. The molecule has 0 heterocycles. The van der Waals surface area contributed by atoms with Gasteiger partial charge in [0, 0.05) is 25.1 Å². The van der Waals surface area contributed by atoms with Gasteiger partial charge in [0.05, 0.1) is 12.2 Å². The van der Waals surface area contributed by atoms with Crippen LogP contribution in [0.2, 0.25) is 0 Å². The second kappa shape index (κ2) is 7.39. The summed E-state index contributed by atoms with van der Waals surface area (Å²) in [7, 11) is 1.90. The van der Waals surface area contributed by atoms with Crippen LogP contribution in [0.15, 0.2) is 18.2 Å². The molecule has 4 heteroatoms. The molecule has 110 valence electrons. The second-order valence-electron chi connectivity index (χ2n) is 5.56. The smallest absolute Gasteiger partial charge is 0.124 e. The van der Waals surface area contributed by atoms with E-state index < -0.39 is 5.60 Å². The molecule has 0 aliphatic carbocycles. The van der Waals surface area contributed by atoms with Crippen LogP contribution in [0.5, 0.6) is 0 Å². The van der Waals surface area contributed by atoms with Crippen LogP contribution >= 0.6 is 0 Å². The molecule has 0 aromatic heterocycles. The van der Waals surface area contributed by atoms with Crippen molar-refractivity contribution in [3.8, 4) is 11.8 Å². The van der Waals surface area contributed by atoms with Crippen LogP contribution in [-0.4, -0.2) is 40.9 Å². The largest absolute Gasteiger partial charge is 0.395 e. The second-order valence-corrected chi connectivity index (χ2v) is 5.56. The van der Waals surface area contributed by atoms with E-state index in [1.165, 1.54) is 12.1 Å². The average molecular weight is 279 g/mol. The topological polar surface area (TPSA) is 43.7 Å². The first-order chi connectivity index (χ1) is 9.31. The van der Waals surface area contributed by atoms with Crippen molar-refractivity contribution < 1.29 is 14.6 Å². The summed E-state index contributed by atoms with van der Waals surface area (Å²) in [5.41, 5.74) is 0.752. The predicted molar refractivity (Wildman–Crippen MR) is 77.6 cm³/mol. The van der Waals surface area contributed by atoms with E-state index in [1.54, 1.807) is 19.9 Å². The average Bonchev–Trinajstić information content (AvgIpc) is 2.30. The lowest BCUT2D eigenvalue weighted by Crippen LogP contribution is -2.35. The number of hydrogen-bond acceptors (Lipinski definition) is 3.